The second-order valence-electron chi connectivity index (χ2n) is 5.27. The van der Waals surface area contributed by atoms with E-state index in [0.717, 1.165) is 31.1 Å². The van der Waals surface area contributed by atoms with Crippen LogP contribution in [-0.2, 0) is 18.3 Å². The molecule has 1 aliphatic rings. The van der Waals surface area contributed by atoms with E-state index in [0.29, 0.717) is 6.10 Å². The third-order valence-corrected chi connectivity index (χ3v) is 4.00. The normalized spacial score (nSPS) is 15.8. The second kappa shape index (κ2) is 6.74. The first-order valence-electron chi connectivity index (χ1n) is 7.10. The molecule has 0 amide bonds. The molecule has 4 nitrogen and oxygen atoms in total. The smallest absolute Gasteiger partial charge is 0.120 e. The molecule has 0 radical (unpaired) electrons. The van der Waals surface area contributed by atoms with E-state index in [1.54, 1.807) is 0 Å². The number of hydrogen-bond donors (Lipinski definition) is 1. The van der Waals surface area contributed by atoms with Crippen LogP contribution in [0.1, 0.15) is 42.6 Å². The molecule has 1 fully saturated rings. The van der Waals surface area contributed by atoms with Gasteiger partial charge in [-0.2, -0.15) is 5.26 Å². The van der Waals surface area contributed by atoms with E-state index in [9.17, 15) is 0 Å². The van der Waals surface area contributed by atoms with Crippen LogP contribution in [0.15, 0.2) is 6.07 Å². The van der Waals surface area contributed by atoms with Gasteiger partial charge < -0.3 is 14.6 Å². The molecule has 1 aromatic heterocycles. The third kappa shape index (κ3) is 3.59. The Kier molecular flexibility index (Phi) is 5.00. The molecule has 2 rings (SSSR count). The first-order chi connectivity index (χ1) is 9.22. The molecule has 0 aliphatic heterocycles. The number of nitriles is 1. The molecule has 0 bridgehead atoms. The van der Waals surface area contributed by atoms with Crippen LogP contribution in [-0.4, -0.2) is 23.8 Å². The Labute approximate surface area is 115 Å². The van der Waals surface area contributed by atoms with Crippen molar-refractivity contribution < 1.29 is 4.74 Å². The zero-order valence-electron chi connectivity index (χ0n) is 11.9. The highest BCUT2D eigenvalue weighted by Gasteiger charge is 2.14. The van der Waals surface area contributed by atoms with Crippen LogP contribution in [0.2, 0.25) is 0 Å². The van der Waals surface area contributed by atoms with Gasteiger partial charge in [0.15, 0.2) is 0 Å². The summed E-state index contributed by atoms with van der Waals surface area (Å²) in [5, 5.41) is 12.4. The van der Waals surface area contributed by atoms with Crippen LogP contribution < -0.4 is 5.32 Å². The van der Waals surface area contributed by atoms with Gasteiger partial charge in [0.05, 0.1) is 12.7 Å². The molecular weight excluding hydrogens is 238 g/mol. The largest absolute Gasteiger partial charge is 0.377 e. The maximum atomic E-state index is 8.98. The van der Waals surface area contributed by atoms with Crippen molar-refractivity contribution in [3.8, 4) is 6.07 Å². The SMILES string of the molecule is Cc1c(CNCCOC2CCCC2)cc(C#N)n1C. The summed E-state index contributed by atoms with van der Waals surface area (Å²) in [4.78, 5) is 0. The maximum Gasteiger partial charge on any atom is 0.120 e. The highest BCUT2D eigenvalue weighted by atomic mass is 16.5. The van der Waals surface area contributed by atoms with Crippen LogP contribution in [0.3, 0.4) is 0 Å². The Hall–Kier alpha value is -1.31. The predicted molar refractivity (Wildman–Crippen MR) is 74.8 cm³/mol. The van der Waals surface area contributed by atoms with Gasteiger partial charge in [-0.25, -0.2) is 0 Å². The highest BCUT2D eigenvalue weighted by Crippen LogP contribution is 2.20. The number of ether oxygens (including phenoxy) is 1. The van der Waals surface area contributed by atoms with Crippen molar-refractivity contribution in [2.75, 3.05) is 13.2 Å². The summed E-state index contributed by atoms with van der Waals surface area (Å²) in [5.41, 5.74) is 3.07. The molecule has 1 aliphatic carbocycles. The van der Waals surface area contributed by atoms with Crippen LogP contribution in [0.4, 0.5) is 0 Å². The lowest BCUT2D eigenvalue weighted by atomic mass is 10.2. The molecule has 0 spiro atoms. The molecule has 1 aromatic rings. The minimum Gasteiger partial charge on any atom is -0.377 e. The fourth-order valence-electron chi connectivity index (χ4n) is 2.62. The van der Waals surface area contributed by atoms with Gasteiger partial charge in [-0.05, 0) is 31.4 Å². The first kappa shape index (κ1) is 14.1. The molecule has 0 saturated heterocycles. The summed E-state index contributed by atoms with van der Waals surface area (Å²) >= 11 is 0. The second-order valence-corrected chi connectivity index (χ2v) is 5.27. The lowest BCUT2D eigenvalue weighted by molar-refractivity contribution is 0.0602. The van der Waals surface area contributed by atoms with E-state index in [1.807, 2.05) is 24.6 Å². The number of rotatable bonds is 6. The van der Waals surface area contributed by atoms with E-state index in [-0.39, 0.29) is 0 Å². The van der Waals surface area contributed by atoms with Crippen LogP contribution in [0.5, 0.6) is 0 Å². The minimum atomic E-state index is 0.491. The van der Waals surface area contributed by atoms with Crippen LogP contribution in [0, 0.1) is 18.3 Å². The van der Waals surface area contributed by atoms with Gasteiger partial charge in [0, 0.05) is 25.8 Å². The zero-order chi connectivity index (χ0) is 13.7. The molecule has 19 heavy (non-hydrogen) atoms. The Morgan fingerprint density at radius 1 is 1.47 bits per heavy atom. The Balaban J connectivity index is 1.69. The molecule has 1 N–H and O–H groups in total. The van der Waals surface area contributed by atoms with Crippen LogP contribution >= 0.6 is 0 Å². The lowest BCUT2D eigenvalue weighted by Crippen LogP contribution is -2.22. The van der Waals surface area contributed by atoms with E-state index in [1.165, 1.54) is 31.2 Å². The zero-order valence-corrected chi connectivity index (χ0v) is 11.9. The van der Waals surface area contributed by atoms with Gasteiger partial charge in [0.1, 0.15) is 11.8 Å². The maximum absolute atomic E-state index is 8.98. The van der Waals surface area contributed by atoms with E-state index >= 15 is 0 Å². The lowest BCUT2D eigenvalue weighted by Gasteiger charge is -2.11. The number of hydrogen-bond acceptors (Lipinski definition) is 3. The monoisotopic (exact) mass is 261 g/mol. The van der Waals surface area contributed by atoms with E-state index < -0.39 is 0 Å². The Morgan fingerprint density at radius 3 is 2.84 bits per heavy atom. The standard InChI is InChI=1S/C15H23N3O/c1-12-13(9-14(10-16)18(12)2)11-17-7-8-19-15-5-3-4-6-15/h9,15,17H,3-8,11H2,1-2H3. The number of aromatic nitrogens is 1. The average molecular weight is 261 g/mol. The third-order valence-electron chi connectivity index (χ3n) is 4.00. The summed E-state index contributed by atoms with van der Waals surface area (Å²) in [6, 6.07) is 4.16. The van der Waals surface area contributed by atoms with Gasteiger partial charge >= 0.3 is 0 Å². The Bertz CT molecular complexity index is 453. The summed E-state index contributed by atoms with van der Waals surface area (Å²) in [5.74, 6) is 0. The molecular formula is C15H23N3O. The fourth-order valence-corrected chi connectivity index (χ4v) is 2.62. The topological polar surface area (TPSA) is 50.0 Å². The molecule has 0 aromatic carbocycles. The predicted octanol–water partition coefficient (Wildman–Crippen LogP) is 2.25. The molecule has 0 atom stereocenters. The van der Waals surface area contributed by atoms with Crippen molar-refractivity contribution in [3.63, 3.8) is 0 Å². The van der Waals surface area contributed by atoms with Crippen molar-refractivity contribution in [1.82, 2.24) is 9.88 Å². The average Bonchev–Trinajstić information content (AvgIpc) is 3.01. The van der Waals surface area contributed by atoms with Crippen molar-refractivity contribution in [1.29, 1.82) is 5.26 Å². The molecule has 104 valence electrons. The van der Waals surface area contributed by atoms with Gasteiger partial charge in [-0.15, -0.1) is 0 Å². The summed E-state index contributed by atoms with van der Waals surface area (Å²) in [6.45, 7) is 4.50. The van der Waals surface area contributed by atoms with Crippen molar-refractivity contribution >= 4 is 0 Å². The van der Waals surface area contributed by atoms with Gasteiger partial charge in [0.2, 0.25) is 0 Å². The molecule has 1 heterocycles. The van der Waals surface area contributed by atoms with E-state index in [2.05, 4.69) is 11.4 Å². The molecule has 1 saturated carbocycles. The van der Waals surface area contributed by atoms with E-state index in [4.69, 9.17) is 10.00 Å². The molecule has 0 unspecified atom stereocenters. The van der Waals surface area contributed by atoms with Gasteiger partial charge in [-0.3, -0.25) is 0 Å². The quantitative estimate of drug-likeness (QED) is 0.799. The Morgan fingerprint density at radius 2 is 2.21 bits per heavy atom. The van der Waals surface area contributed by atoms with Crippen molar-refractivity contribution in [2.24, 2.45) is 7.05 Å². The summed E-state index contributed by atoms with van der Waals surface area (Å²) < 4.78 is 7.74. The fraction of sp³-hybridized carbons (Fsp3) is 0.667. The summed E-state index contributed by atoms with van der Waals surface area (Å²) in [6.07, 6.45) is 5.58. The van der Waals surface area contributed by atoms with Gasteiger partial charge in [-0.1, -0.05) is 12.8 Å². The minimum absolute atomic E-state index is 0.491. The highest BCUT2D eigenvalue weighted by molar-refractivity contribution is 5.33. The van der Waals surface area contributed by atoms with Gasteiger partial charge in [0.25, 0.3) is 0 Å². The van der Waals surface area contributed by atoms with Crippen molar-refractivity contribution in [2.45, 2.75) is 45.3 Å². The number of nitrogens with one attached hydrogen (secondary N) is 1. The number of nitrogens with zero attached hydrogens (tertiary/aromatic N) is 2. The van der Waals surface area contributed by atoms with Crippen LogP contribution in [0.25, 0.3) is 0 Å². The molecule has 4 heteroatoms. The first-order valence-corrected chi connectivity index (χ1v) is 7.10. The summed E-state index contributed by atoms with van der Waals surface area (Å²) in [7, 11) is 1.93. The van der Waals surface area contributed by atoms with Crippen molar-refractivity contribution in [3.05, 3.63) is 23.0 Å².